The van der Waals surface area contributed by atoms with E-state index in [1.807, 2.05) is 0 Å². The van der Waals surface area contributed by atoms with Crippen LogP contribution in [0.2, 0.25) is 0 Å². The SMILES string of the molecule is C[C@@H]1CNC[C@H](C)C12OCc1ccccc12. The van der Waals surface area contributed by atoms with Gasteiger partial charge in [0.1, 0.15) is 5.60 Å². The van der Waals surface area contributed by atoms with E-state index in [9.17, 15) is 0 Å². The van der Waals surface area contributed by atoms with Gasteiger partial charge in [-0.3, -0.25) is 0 Å². The topological polar surface area (TPSA) is 21.3 Å². The van der Waals surface area contributed by atoms with Gasteiger partial charge in [0.15, 0.2) is 0 Å². The standard InChI is InChI=1S/C14H19NO/c1-10-7-15-8-11(2)14(10)13-6-4-3-5-12(13)9-16-14/h3-6,10-11,15H,7-9H2,1-2H3/t10-,11+,14?. The van der Waals surface area contributed by atoms with E-state index in [2.05, 4.69) is 43.4 Å². The molecule has 2 nitrogen and oxygen atoms in total. The minimum Gasteiger partial charge on any atom is -0.365 e. The van der Waals surface area contributed by atoms with Gasteiger partial charge in [-0.1, -0.05) is 38.1 Å². The van der Waals surface area contributed by atoms with Gasteiger partial charge >= 0.3 is 0 Å². The normalized spacial score (nSPS) is 37.6. The summed E-state index contributed by atoms with van der Waals surface area (Å²) in [5.41, 5.74) is 2.77. The fourth-order valence-electron chi connectivity index (χ4n) is 3.42. The molecule has 2 heterocycles. The van der Waals surface area contributed by atoms with Gasteiger partial charge in [-0.25, -0.2) is 0 Å². The molecule has 1 aromatic carbocycles. The summed E-state index contributed by atoms with van der Waals surface area (Å²) in [4.78, 5) is 0. The van der Waals surface area contributed by atoms with Crippen LogP contribution in [-0.2, 0) is 16.9 Å². The van der Waals surface area contributed by atoms with Gasteiger partial charge in [-0.2, -0.15) is 0 Å². The maximum atomic E-state index is 6.24. The van der Waals surface area contributed by atoms with Crippen molar-refractivity contribution in [2.24, 2.45) is 11.8 Å². The molecule has 1 aromatic rings. The lowest BCUT2D eigenvalue weighted by atomic mass is 9.71. The van der Waals surface area contributed by atoms with Gasteiger partial charge in [0, 0.05) is 24.9 Å². The summed E-state index contributed by atoms with van der Waals surface area (Å²) in [6, 6.07) is 8.70. The molecule has 1 spiro atoms. The first-order valence-corrected chi connectivity index (χ1v) is 6.18. The number of ether oxygens (including phenoxy) is 1. The first-order valence-electron chi connectivity index (χ1n) is 6.18. The zero-order valence-corrected chi connectivity index (χ0v) is 9.99. The van der Waals surface area contributed by atoms with Crippen molar-refractivity contribution in [1.29, 1.82) is 0 Å². The van der Waals surface area contributed by atoms with Crippen LogP contribution in [0.25, 0.3) is 0 Å². The summed E-state index contributed by atoms with van der Waals surface area (Å²) >= 11 is 0. The summed E-state index contributed by atoms with van der Waals surface area (Å²) in [5, 5.41) is 3.49. The summed E-state index contributed by atoms with van der Waals surface area (Å²) < 4.78 is 6.24. The maximum Gasteiger partial charge on any atom is 0.101 e. The van der Waals surface area contributed by atoms with Crippen LogP contribution in [0.15, 0.2) is 24.3 Å². The highest BCUT2D eigenvalue weighted by atomic mass is 16.5. The Morgan fingerprint density at radius 2 is 1.88 bits per heavy atom. The zero-order valence-electron chi connectivity index (χ0n) is 9.99. The summed E-state index contributed by atoms with van der Waals surface area (Å²) in [6.07, 6.45) is 0. The van der Waals surface area contributed by atoms with Crippen molar-refractivity contribution >= 4 is 0 Å². The largest absolute Gasteiger partial charge is 0.365 e. The average Bonchev–Trinajstić information content (AvgIpc) is 2.67. The molecule has 3 rings (SSSR count). The minimum atomic E-state index is -0.0398. The Bertz CT molecular complexity index is 391. The third kappa shape index (κ3) is 1.20. The van der Waals surface area contributed by atoms with Crippen molar-refractivity contribution in [1.82, 2.24) is 5.32 Å². The molecular weight excluding hydrogens is 198 g/mol. The maximum absolute atomic E-state index is 6.24. The Hall–Kier alpha value is -0.860. The lowest BCUT2D eigenvalue weighted by Crippen LogP contribution is -2.52. The molecule has 2 heteroatoms. The first-order chi connectivity index (χ1) is 7.75. The molecule has 0 amide bonds. The van der Waals surface area contributed by atoms with Crippen molar-refractivity contribution in [2.75, 3.05) is 13.1 Å². The van der Waals surface area contributed by atoms with Gasteiger partial charge in [-0.15, -0.1) is 0 Å². The Kier molecular flexibility index (Phi) is 2.30. The second-order valence-electron chi connectivity index (χ2n) is 5.20. The lowest BCUT2D eigenvalue weighted by molar-refractivity contribution is -0.126. The number of nitrogens with one attached hydrogen (secondary N) is 1. The smallest absolute Gasteiger partial charge is 0.101 e. The van der Waals surface area contributed by atoms with E-state index < -0.39 is 0 Å². The highest BCUT2D eigenvalue weighted by Gasteiger charge is 2.50. The lowest BCUT2D eigenvalue weighted by Gasteiger charge is -2.45. The van der Waals surface area contributed by atoms with Crippen molar-refractivity contribution in [3.8, 4) is 0 Å². The van der Waals surface area contributed by atoms with Crippen LogP contribution < -0.4 is 5.32 Å². The van der Waals surface area contributed by atoms with Crippen molar-refractivity contribution in [2.45, 2.75) is 26.1 Å². The average molecular weight is 217 g/mol. The molecule has 1 fully saturated rings. The van der Waals surface area contributed by atoms with E-state index in [0.717, 1.165) is 19.7 Å². The van der Waals surface area contributed by atoms with Gasteiger partial charge in [0.2, 0.25) is 0 Å². The summed E-state index contributed by atoms with van der Waals surface area (Å²) in [7, 11) is 0. The first kappa shape index (κ1) is 10.3. The Morgan fingerprint density at radius 1 is 1.19 bits per heavy atom. The van der Waals surface area contributed by atoms with Crippen molar-refractivity contribution in [3.05, 3.63) is 35.4 Å². The van der Waals surface area contributed by atoms with Crippen LogP contribution in [0.1, 0.15) is 25.0 Å². The third-order valence-electron chi connectivity index (χ3n) is 4.27. The summed E-state index contributed by atoms with van der Waals surface area (Å²) in [5.74, 6) is 1.08. The quantitative estimate of drug-likeness (QED) is 0.720. The van der Waals surface area contributed by atoms with Gasteiger partial charge < -0.3 is 10.1 Å². The predicted molar refractivity (Wildman–Crippen MR) is 64.1 cm³/mol. The second kappa shape index (κ2) is 3.57. The van der Waals surface area contributed by atoms with E-state index in [1.54, 1.807) is 0 Å². The van der Waals surface area contributed by atoms with Crippen LogP contribution in [-0.4, -0.2) is 13.1 Å². The number of piperidine rings is 1. The van der Waals surface area contributed by atoms with E-state index in [1.165, 1.54) is 11.1 Å². The van der Waals surface area contributed by atoms with Crippen LogP contribution in [0.3, 0.4) is 0 Å². The van der Waals surface area contributed by atoms with Gasteiger partial charge in [-0.05, 0) is 11.1 Å². The van der Waals surface area contributed by atoms with E-state index in [0.29, 0.717) is 11.8 Å². The third-order valence-corrected chi connectivity index (χ3v) is 4.27. The number of hydrogen-bond acceptors (Lipinski definition) is 2. The van der Waals surface area contributed by atoms with Gasteiger partial charge in [0.05, 0.1) is 6.61 Å². The molecule has 1 N–H and O–H groups in total. The molecule has 2 aliphatic rings. The zero-order chi connectivity index (χ0) is 11.2. The Labute approximate surface area is 97.0 Å². The van der Waals surface area contributed by atoms with E-state index >= 15 is 0 Å². The summed E-state index contributed by atoms with van der Waals surface area (Å²) in [6.45, 7) is 7.48. The Balaban J connectivity index is 2.11. The molecule has 0 saturated carbocycles. The van der Waals surface area contributed by atoms with Crippen molar-refractivity contribution in [3.63, 3.8) is 0 Å². The molecule has 2 aliphatic heterocycles. The second-order valence-corrected chi connectivity index (χ2v) is 5.20. The minimum absolute atomic E-state index is 0.0398. The molecule has 0 bridgehead atoms. The van der Waals surface area contributed by atoms with Crippen LogP contribution >= 0.6 is 0 Å². The van der Waals surface area contributed by atoms with Crippen molar-refractivity contribution < 1.29 is 4.74 Å². The monoisotopic (exact) mass is 217 g/mol. The van der Waals surface area contributed by atoms with Crippen LogP contribution in [0.4, 0.5) is 0 Å². The number of fused-ring (bicyclic) bond motifs is 2. The molecule has 16 heavy (non-hydrogen) atoms. The Morgan fingerprint density at radius 3 is 2.62 bits per heavy atom. The number of rotatable bonds is 0. The fourth-order valence-corrected chi connectivity index (χ4v) is 3.42. The molecular formula is C14H19NO. The van der Waals surface area contributed by atoms with Crippen LogP contribution in [0.5, 0.6) is 0 Å². The number of hydrogen-bond donors (Lipinski definition) is 1. The van der Waals surface area contributed by atoms with E-state index in [-0.39, 0.29) is 5.60 Å². The predicted octanol–water partition coefficient (Wildman–Crippen LogP) is 2.29. The molecule has 0 radical (unpaired) electrons. The molecule has 0 aliphatic carbocycles. The number of benzene rings is 1. The molecule has 0 aromatic heterocycles. The highest BCUT2D eigenvalue weighted by Crippen LogP contribution is 2.48. The van der Waals surface area contributed by atoms with E-state index in [4.69, 9.17) is 4.74 Å². The molecule has 86 valence electrons. The highest BCUT2D eigenvalue weighted by molar-refractivity contribution is 5.37. The van der Waals surface area contributed by atoms with Gasteiger partial charge in [0.25, 0.3) is 0 Å². The molecule has 3 atom stereocenters. The molecule has 1 unspecified atom stereocenters. The molecule has 1 saturated heterocycles. The van der Waals surface area contributed by atoms with Crippen LogP contribution in [0, 0.1) is 11.8 Å². The fraction of sp³-hybridized carbons (Fsp3) is 0.571.